The van der Waals surface area contributed by atoms with Crippen molar-refractivity contribution in [2.75, 3.05) is 0 Å². The van der Waals surface area contributed by atoms with Crippen LogP contribution in [0.4, 0.5) is 8.78 Å². The van der Waals surface area contributed by atoms with Crippen molar-refractivity contribution in [2.24, 2.45) is 0 Å². The lowest BCUT2D eigenvalue weighted by Crippen LogP contribution is -2.41. The summed E-state index contributed by atoms with van der Waals surface area (Å²) < 4.78 is 27.5. The predicted molar refractivity (Wildman–Crippen MR) is 101 cm³/mol. The van der Waals surface area contributed by atoms with Crippen LogP contribution in [-0.2, 0) is 6.42 Å². The molecule has 4 nitrogen and oxygen atoms in total. The van der Waals surface area contributed by atoms with Crippen molar-refractivity contribution in [3.8, 4) is 0 Å². The Morgan fingerprint density at radius 1 is 1.04 bits per heavy atom. The molecule has 0 heterocycles. The molecule has 0 fully saturated rings. The molecule has 0 spiro atoms. The van der Waals surface area contributed by atoms with Gasteiger partial charge in [0.15, 0.2) is 0 Å². The highest BCUT2D eigenvalue weighted by molar-refractivity contribution is 5.95. The van der Waals surface area contributed by atoms with Crippen LogP contribution in [0.1, 0.15) is 54.0 Å². The van der Waals surface area contributed by atoms with Gasteiger partial charge < -0.3 is 10.6 Å². The van der Waals surface area contributed by atoms with Crippen molar-refractivity contribution >= 4 is 11.8 Å². The van der Waals surface area contributed by atoms with Gasteiger partial charge in [-0.1, -0.05) is 12.1 Å². The first kappa shape index (κ1) is 20.6. The maximum Gasteiger partial charge on any atom is 0.254 e. The van der Waals surface area contributed by atoms with E-state index in [-0.39, 0.29) is 17.2 Å². The molecule has 2 aromatic rings. The minimum atomic E-state index is -0.613. The van der Waals surface area contributed by atoms with Crippen molar-refractivity contribution in [2.45, 2.75) is 45.7 Å². The van der Waals surface area contributed by atoms with Crippen LogP contribution in [-0.4, -0.2) is 23.4 Å². The molecular formula is C21H24F2N2O2. The molecule has 1 unspecified atom stereocenters. The Bertz CT molecular complexity index is 844. The average molecular weight is 374 g/mol. The Balaban J connectivity index is 2.02. The third-order valence-electron chi connectivity index (χ3n) is 3.77. The summed E-state index contributed by atoms with van der Waals surface area (Å²) in [4.78, 5) is 24.2. The Morgan fingerprint density at radius 2 is 1.74 bits per heavy atom. The van der Waals surface area contributed by atoms with Crippen molar-refractivity contribution in [1.82, 2.24) is 10.6 Å². The van der Waals surface area contributed by atoms with Crippen LogP contribution in [0.25, 0.3) is 0 Å². The summed E-state index contributed by atoms with van der Waals surface area (Å²) in [6.45, 7) is 7.23. The summed E-state index contributed by atoms with van der Waals surface area (Å²) in [7, 11) is 0. The fourth-order valence-electron chi connectivity index (χ4n) is 2.62. The third kappa shape index (κ3) is 6.16. The summed E-state index contributed by atoms with van der Waals surface area (Å²) in [5.74, 6) is -1.97. The first-order valence-corrected chi connectivity index (χ1v) is 8.72. The highest BCUT2D eigenvalue weighted by atomic mass is 19.1. The number of carbonyl (C=O) groups excluding carboxylic acids is 2. The molecule has 0 aliphatic heterocycles. The van der Waals surface area contributed by atoms with Gasteiger partial charge in [0.1, 0.15) is 11.6 Å². The van der Waals surface area contributed by atoms with Crippen molar-refractivity contribution in [3.63, 3.8) is 0 Å². The predicted octanol–water partition coefficient (Wildman–Crippen LogP) is 3.85. The molecule has 2 N–H and O–H groups in total. The Labute approximate surface area is 158 Å². The van der Waals surface area contributed by atoms with E-state index in [1.54, 1.807) is 13.0 Å². The first-order chi connectivity index (χ1) is 12.5. The highest BCUT2D eigenvalue weighted by Crippen LogP contribution is 2.14. The van der Waals surface area contributed by atoms with Gasteiger partial charge in [-0.3, -0.25) is 9.59 Å². The monoisotopic (exact) mass is 374 g/mol. The lowest BCUT2D eigenvalue weighted by atomic mass is 10.0. The number of rotatable bonds is 5. The molecule has 0 bridgehead atoms. The van der Waals surface area contributed by atoms with E-state index in [2.05, 4.69) is 10.6 Å². The molecule has 0 radical (unpaired) electrons. The minimum absolute atomic E-state index is 0.0230. The Kier molecular flexibility index (Phi) is 6.31. The summed E-state index contributed by atoms with van der Waals surface area (Å²) in [5, 5.41) is 5.47. The zero-order valence-corrected chi connectivity index (χ0v) is 15.9. The molecule has 27 heavy (non-hydrogen) atoms. The van der Waals surface area contributed by atoms with Crippen LogP contribution in [0.5, 0.6) is 0 Å². The lowest BCUT2D eigenvalue weighted by Gasteiger charge is -2.21. The maximum absolute atomic E-state index is 14.3. The Hall–Kier alpha value is -2.76. The molecule has 2 rings (SSSR count). The fraction of sp³-hybridized carbons (Fsp3) is 0.333. The summed E-state index contributed by atoms with van der Waals surface area (Å²) in [6, 6.07) is 9.50. The Morgan fingerprint density at radius 3 is 2.33 bits per heavy atom. The van der Waals surface area contributed by atoms with Gasteiger partial charge in [0.2, 0.25) is 0 Å². The van der Waals surface area contributed by atoms with Gasteiger partial charge in [0.25, 0.3) is 11.8 Å². The standard InChI is InChI=1S/C21H24F2N2O2/c1-13(24-19(26)15-6-5-7-16(22)12-15)10-14-8-9-17(18(23)11-14)20(27)25-21(2,3)4/h5-9,11-13H,10H2,1-4H3,(H,24,26)(H,25,27). The normalized spacial score (nSPS) is 12.4. The minimum Gasteiger partial charge on any atom is -0.349 e. The summed E-state index contributed by atoms with van der Waals surface area (Å²) in [6.07, 6.45) is 0.374. The summed E-state index contributed by atoms with van der Waals surface area (Å²) >= 11 is 0. The molecule has 2 aromatic carbocycles. The average Bonchev–Trinajstić information content (AvgIpc) is 2.53. The second-order valence-corrected chi connectivity index (χ2v) is 7.61. The van der Waals surface area contributed by atoms with E-state index in [1.165, 1.54) is 30.3 Å². The largest absolute Gasteiger partial charge is 0.349 e. The van der Waals surface area contributed by atoms with Gasteiger partial charge >= 0.3 is 0 Å². The van der Waals surface area contributed by atoms with Gasteiger partial charge in [-0.15, -0.1) is 0 Å². The quantitative estimate of drug-likeness (QED) is 0.835. The number of halogens is 2. The van der Waals surface area contributed by atoms with E-state index in [0.717, 1.165) is 6.07 Å². The van der Waals surface area contributed by atoms with Crippen molar-refractivity contribution in [1.29, 1.82) is 0 Å². The number of hydrogen-bond donors (Lipinski definition) is 2. The molecule has 0 saturated carbocycles. The molecule has 0 aliphatic rings. The van der Waals surface area contributed by atoms with Gasteiger partial charge in [-0.05, 0) is 70.0 Å². The van der Waals surface area contributed by atoms with Gasteiger partial charge in [0, 0.05) is 17.1 Å². The zero-order valence-electron chi connectivity index (χ0n) is 15.9. The zero-order chi connectivity index (χ0) is 20.2. The van der Waals surface area contributed by atoms with Crippen LogP contribution in [0.2, 0.25) is 0 Å². The van der Waals surface area contributed by atoms with Crippen molar-refractivity contribution < 1.29 is 18.4 Å². The molecule has 0 aromatic heterocycles. The molecule has 0 saturated heterocycles. The molecule has 1 atom stereocenters. The fourth-order valence-corrected chi connectivity index (χ4v) is 2.62. The van der Waals surface area contributed by atoms with Crippen LogP contribution in [0.15, 0.2) is 42.5 Å². The van der Waals surface area contributed by atoms with E-state index >= 15 is 0 Å². The van der Waals surface area contributed by atoms with Crippen molar-refractivity contribution in [3.05, 3.63) is 70.8 Å². The molecule has 6 heteroatoms. The summed E-state index contributed by atoms with van der Waals surface area (Å²) in [5.41, 5.74) is 0.386. The molecule has 0 aliphatic carbocycles. The number of nitrogens with one attached hydrogen (secondary N) is 2. The van der Waals surface area contributed by atoms with Crippen LogP contribution in [0.3, 0.4) is 0 Å². The second kappa shape index (κ2) is 8.29. The molecule has 2 amide bonds. The number of carbonyl (C=O) groups is 2. The van der Waals surface area contributed by atoms with Gasteiger partial charge in [-0.2, -0.15) is 0 Å². The number of hydrogen-bond acceptors (Lipinski definition) is 2. The second-order valence-electron chi connectivity index (χ2n) is 7.61. The smallest absolute Gasteiger partial charge is 0.254 e. The maximum atomic E-state index is 14.3. The molecular weight excluding hydrogens is 350 g/mol. The van der Waals surface area contributed by atoms with Gasteiger partial charge in [-0.25, -0.2) is 8.78 Å². The lowest BCUT2D eigenvalue weighted by molar-refractivity contribution is 0.0913. The molecule has 144 valence electrons. The van der Waals surface area contributed by atoms with Gasteiger partial charge in [0.05, 0.1) is 5.56 Å². The van der Waals surface area contributed by atoms with E-state index in [0.29, 0.717) is 12.0 Å². The van der Waals surface area contributed by atoms with E-state index in [9.17, 15) is 18.4 Å². The SMILES string of the molecule is CC(Cc1ccc(C(=O)NC(C)(C)C)c(F)c1)NC(=O)c1cccc(F)c1. The third-order valence-corrected chi connectivity index (χ3v) is 3.77. The first-order valence-electron chi connectivity index (χ1n) is 8.72. The van der Waals surface area contributed by atoms with E-state index in [4.69, 9.17) is 0 Å². The van der Waals surface area contributed by atoms with Crippen LogP contribution < -0.4 is 10.6 Å². The van der Waals surface area contributed by atoms with Crippen LogP contribution >= 0.6 is 0 Å². The van der Waals surface area contributed by atoms with E-state index in [1.807, 2.05) is 20.8 Å². The number of benzene rings is 2. The van der Waals surface area contributed by atoms with E-state index < -0.39 is 29.0 Å². The highest BCUT2D eigenvalue weighted by Gasteiger charge is 2.19. The number of amides is 2. The van der Waals surface area contributed by atoms with Crippen LogP contribution in [0, 0.1) is 11.6 Å². The topological polar surface area (TPSA) is 58.2 Å².